The van der Waals surface area contributed by atoms with E-state index in [-0.39, 0.29) is 5.56 Å². The Morgan fingerprint density at radius 1 is 1.79 bits per heavy atom. The van der Waals surface area contributed by atoms with Crippen LogP contribution in [0.1, 0.15) is 6.92 Å². The first-order valence-electron chi connectivity index (χ1n) is 3.81. The van der Waals surface area contributed by atoms with Crippen molar-refractivity contribution in [3.8, 4) is 0 Å². The van der Waals surface area contributed by atoms with Gasteiger partial charge in [-0.2, -0.15) is 0 Å². The number of halogens is 1. The van der Waals surface area contributed by atoms with Crippen molar-refractivity contribution in [1.29, 1.82) is 0 Å². The third kappa shape index (κ3) is 2.44. The fraction of sp³-hybridized carbons (Fsp3) is 0.286. The lowest BCUT2D eigenvalue weighted by Gasteiger charge is -2.10. The van der Waals surface area contributed by atoms with Gasteiger partial charge in [-0.05, 0) is 29.5 Å². The van der Waals surface area contributed by atoms with E-state index in [1.165, 1.54) is 6.33 Å². The largest absolute Gasteiger partial charge is 0.368 e. The van der Waals surface area contributed by atoms with Crippen LogP contribution in [0, 0.1) is 3.57 Å². The van der Waals surface area contributed by atoms with Gasteiger partial charge < -0.3 is 16.0 Å². The van der Waals surface area contributed by atoms with Crippen LogP contribution in [0.5, 0.6) is 0 Å². The minimum atomic E-state index is -0.558. The zero-order valence-corrected chi connectivity index (χ0v) is 9.53. The van der Waals surface area contributed by atoms with E-state index in [0.29, 0.717) is 9.39 Å². The fourth-order valence-corrected chi connectivity index (χ4v) is 1.21. The molecule has 0 bridgehead atoms. The summed E-state index contributed by atoms with van der Waals surface area (Å²) in [6, 6.07) is -0.558. The van der Waals surface area contributed by atoms with Crippen molar-refractivity contribution in [1.82, 2.24) is 9.97 Å². The number of carbonyl (C=O) groups excluding carboxylic acids is 1. The summed E-state index contributed by atoms with van der Waals surface area (Å²) in [5, 5.41) is 2.74. The molecule has 1 aromatic heterocycles. The predicted octanol–water partition coefficient (Wildman–Crippen LogP) is -0.340. The number of aromatic nitrogens is 2. The SMILES string of the molecule is CC(Nc1nc[nH]c(=O)c1I)C(N)=O. The minimum absolute atomic E-state index is 0.250. The van der Waals surface area contributed by atoms with Crippen LogP contribution in [0.25, 0.3) is 0 Å². The topological polar surface area (TPSA) is 101 Å². The Kier molecular flexibility index (Phi) is 3.44. The van der Waals surface area contributed by atoms with Crippen molar-refractivity contribution in [2.45, 2.75) is 13.0 Å². The van der Waals surface area contributed by atoms with E-state index >= 15 is 0 Å². The minimum Gasteiger partial charge on any atom is -0.368 e. The quantitative estimate of drug-likeness (QED) is 0.665. The van der Waals surface area contributed by atoms with Gasteiger partial charge in [0, 0.05) is 0 Å². The van der Waals surface area contributed by atoms with Gasteiger partial charge in [0.15, 0.2) is 0 Å². The first kappa shape index (κ1) is 11.0. The Labute approximate surface area is 93.4 Å². The molecule has 0 aliphatic carbocycles. The summed E-state index contributed by atoms with van der Waals surface area (Å²) < 4.78 is 0.401. The first-order valence-corrected chi connectivity index (χ1v) is 4.89. The number of amides is 1. The molecular formula is C7H9IN4O2. The van der Waals surface area contributed by atoms with E-state index in [4.69, 9.17) is 5.73 Å². The first-order chi connectivity index (χ1) is 6.52. The Morgan fingerprint density at radius 3 is 3.00 bits per heavy atom. The van der Waals surface area contributed by atoms with Crippen LogP contribution < -0.4 is 16.6 Å². The van der Waals surface area contributed by atoms with E-state index in [9.17, 15) is 9.59 Å². The summed E-state index contributed by atoms with van der Waals surface area (Å²) >= 11 is 1.84. The average molecular weight is 308 g/mol. The lowest BCUT2D eigenvalue weighted by atomic mass is 10.3. The van der Waals surface area contributed by atoms with Crippen LogP contribution in [0.15, 0.2) is 11.1 Å². The standard InChI is InChI=1S/C7H9IN4O2/c1-3(5(9)13)12-6-4(8)7(14)11-2-10-6/h2-3H,1H3,(H2,9,13)(H2,10,11,12,14). The van der Waals surface area contributed by atoms with E-state index in [1.54, 1.807) is 6.92 Å². The van der Waals surface area contributed by atoms with Crippen LogP contribution in [0.2, 0.25) is 0 Å². The van der Waals surface area contributed by atoms with Crippen molar-refractivity contribution in [3.05, 3.63) is 20.3 Å². The maximum absolute atomic E-state index is 11.1. The number of hydrogen-bond donors (Lipinski definition) is 3. The highest BCUT2D eigenvalue weighted by atomic mass is 127. The second-order valence-electron chi connectivity index (χ2n) is 2.66. The van der Waals surface area contributed by atoms with Gasteiger partial charge in [-0.25, -0.2) is 4.98 Å². The number of H-pyrrole nitrogens is 1. The van der Waals surface area contributed by atoms with E-state index in [1.807, 2.05) is 22.6 Å². The number of primary amides is 1. The van der Waals surface area contributed by atoms with Crippen molar-refractivity contribution >= 4 is 34.3 Å². The molecule has 1 amide bonds. The highest BCUT2D eigenvalue weighted by molar-refractivity contribution is 14.1. The number of nitrogens with one attached hydrogen (secondary N) is 2. The molecule has 1 aromatic rings. The molecule has 7 heteroatoms. The van der Waals surface area contributed by atoms with E-state index in [2.05, 4.69) is 15.3 Å². The van der Waals surface area contributed by atoms with Crippen molar-refractivity contribution in [3.63, 3.8) is 0 Å². The number of nitrogens with two attached hydrogens (primary N) is 1. The maximum atomic E-state index is 11.1. The van der Waals surface area contributed by atoms with Crippen molar-refractivity contribution < 1.29 is 4.79 Å². The zero-order valence-electron chi connectivity index (χ0n) is 7.37. The van der Waals surface area contributed by atoms with Crippen LogP contribution in [-0.2, 0) is 4.79 Å². The molecule has 1 unspecified atom stereocenters. The van der Waals surface area contributed by atoms with Gasteiger partial charge in [-0.1, -0.05) is 0 Å². The van der Waals surface area contributed by atoms with Gasteiger partial charge in [-0.3, -0.25) is 9.59 Å². The zero-order chi connectivity index (χ0) is 10.7. The number of anilines is 1. The molecule has 0 aliphatic rings. The molecule has 0 spiro atoms. The lowest BCUT2D eigenvalue weighted by Crippen LogP contribution is -2.33. The second-order valence-corrected chi connectivity index (χ2v) is 3.74. The molecule has 0 saturated heterocycles. The summed E-state index contributed by atoms with van der Waals surface area (Å²) in [4.78, 5) is 28.2. The number of hydrogen-bond acceptors (Lipinski definition) is 4. The molecule has 6 nitrogen and oxygen atoms in total. The summed E-state index contributed by atoms with van der Waals surface area (Å²) in [6.07, 6.45) is 1.26. The monoisotopic (exact) mass is 308 g/mol. The smallest absolute Gasteiger partial charge is 0.266 e. The van der Waals surface area contributed by atoms with E-state index < -0.39 is 11.9 Å². The summed E-state index contributed by atoms with van der Waals surface area (Å²) in [5.41, 5.74) is 4.80. The number of carbonyl (C=O) groups is 1. The molecule has 1 heterocycles. The molecule has 0 radical (unpaired) electrons. The predicted molar refractivity (Wildman–Crippen MR) is 59.9 cm³/mol. The Hall–Kier alpha value is -1.12. The molecule has 4 N–H and O–H groups in total. The third-order valence-corrected chi connectivity index (χ3v) is 2.58. The van der Waals surface area contributed by atoms with Gasteiger partial charge in [0.05, 0.1) is 6.33 Å². The number of rotatable bonds is 3. The van der Waals surface area contributed by atoms with E-state index in [0.717, 1.165) is 0 Å². The normalized spacial score (nSPS) is 12.1. The molecule has 0 fully saturated rings. The number of aromatic amines is 1. The van der Waals surface area contributed by atoms with Gasteiger partial charge in [0.1, 0.15) is 15.4 Å². The second kappa shape index (κ2) is 4.40. The van der Waals surface area contributed by atoms with Crippen LogP contribution in [-0.4, -0.2) is 21.9 Å². The van der Waals surface area contributed by atoms with Gasteiger partial charge in [-0.15, -0.1) is 0 Å². The summed E-state index contributed by atoms with van der Waals surface area (Å²) in [7, 11) is 0. The molecular weight excluding hydrogens is 299 g/mol. The lowest BCUT2D eigenvalue weighted by molar-refractivity contribution is -0.118. The average Bonchev–Trinajstić information content (AvgIpc) is 2.12. The molecule has 0 saturated carbocycles. The molecule has 1 atom stereocenters. The molecule has 76 valence electrons. The van der Waals surface area contributed by atoms with Crippen molar-refractivity contribution in [2.24, 2.45) is 5.73 Å². The Morgan fingerprint density at radius 2 is 2.43 bits per heavy atom. The molecule has 0 aromatic carbocycles. The van der Waals surface area contributed by atoms with Gasteiger partial charge in [0.25, 0.3) is 5.56 Å². The van der Waals surface area contributed by atoms with Crippen LogP contribution >= 0.6 is 22.6 Å². The Bertz CT molecular complexity index is 403. The summed E-state index contributed by atoms with van der Waals surface area (Å²) in [5.74, 6) is -0.136. The highest BCUT2D eigenvalue weighted by Crippen LogP contribution is 2.09. The highest BCUT2D eigenvalue weighted by Gasteiger charge is 2.12. The maximum Gasteiger partial charge on any atom is 0.266 e. The fourth-order valence-electron chi connectivity index (χ4n) is 0.760. The Balaban J connectivity index is 2.92. The van der Waals surface area contributed by atoms with Gasteiger partial charge in [0.2, 0.25) is 5.91 Å². The third-order valence-electron chi connectivity index (χ3n) is 1.58. The van der Waals surface area contributed by atoms with Crippen molar-refractivity contribution in [2.75, 3.05) is 5.32 Å². The summed E-state index contributed by atoms with van der Waals surface area (Å²) in [6.45, 7) is 1.60. The number of nitrogens with zero attached hydrogens (tertiary/aromatic N) is 1. The van der Waals surface area contributed by atoms with Gasteiger partial charge >= 0.3 is 0 Å². The molecule has 14 heavy (non-hydrogen) atoms. The van der Waals surface area contributed by atoms with Crippen LogP contribution in [0.3, 0.4) is 0 Å². The van der Waals surface area contributed by atoms with Crippen LogP contribution in [0.4, 0.5) is 5.82 Å². The molecule has 0 aliphatic heterocycles. The molecule has 1 rings (SSSR count).